The minimum absolute atomic E-state index is 0.124. The summed E-state index contributed by atoms with van der Waals surface area (Å²) in [7, 11) is 1.30. The van der Waals surface area contributed by atoms with E-state index in [1.807, 2.05) is 30.3 Å². The summed E-state index contributed by atoms with van der Waals surface area (Å²) >= 11 is 0. The monoisotopic (exact) mass is 219 g/mol. The molecule has 4 nitrogen and oxygen atoms in total. The normalized spacial score (nSPS) is 23.9. The van der Waals surface area contributed by atoms with Crippen molar-refractivity contribution < 1.29 is 14.3 Å². The summed E-state index contributed by atoms with van der Waals surface area (Å²) in [5, 5.41) is 2.69. The van der Waals surface area contributed by atoms with Gasteiger partial charge in [-0.1, -0.05) is 30.3 Å². The van der Waals surface area contributed by atoms with Gasteiger partial charge in [0.1, 0.15) is 5.92 Å². The molecule has 16 heavy (non-hydrogen) atoms. The Hall–Kier alpha value is -1.84. The number of ether oxygens (including phenoxy) is 1. The molecule has 0 bridgehead atoms. The number of amides is 1. The van der Waals surface area contributed by atoms with Gasteiger partial charge in [-0.3, -0.25) is 9.59 Å². The van der Waals surface area contributed by atoms with E-state index < -0.39 is 11.9 Å². The van der Waals surface area contributed by atoms with Crippen LogP contribution in [-0.4, -0.2) is 25.5 Å². The van der Waals surface area contributed by atoms with Crippen molar-refractivity contribution in [2.24, 2.45) is 5.92 Å². The quantitative estimate of drug-likeness (QED) is 0.588. The van der Waals surface area contributed by atoms with Crippen LogP contribution < -0.4 is 5.32 Å². The van der Waals surface area contributed by atoms with Gasteiger partial charge in [0, 0.05) is 12.5 Å². The molecule has 0 saturated carbocycles. The molecule has 1 aliphatic heterocycles. The van der Waals surface area contributed by atoms with Crippen LogP contribution in [0.2, 0.25) is 0 Å². The number of nitrogens with one attached hydrogen (secondary N) is 1. The molecule has 0 aliphatic carbocycles. The summed E-state index contributed by atoms with van der Waals surface area (Å²) in [6.45, 7) is 0.489. The van der Waals surface area contributed by atoms with E-state index >= 15 is 0 Å². The first-order chi connectivity index (χ1) is 7.74. The zero-order valence-corrected chi connectivity index (χ0v) is 8.97. The van der Waals surface area contributed by atoms with Crippen molar-refractivity contribution in [2.45, 2.75) is 5.92 Å². The lowest BCUT2D eigenvalue weighted by Gasteiger charge is -2.14. The molecule has 4 heteroatoms. The van der Waals surface area contributed by atoms with Crippen LogP contribution in [0, 0.1) is 5.92 Å². The van der Waals surface area contributed by atoms with Gasteiger partial charge in [-0.2, -0.15) is 0 Å². The van der Waals surface area contributed by atoms with Gasteiger partial charge in [0.25, 0.3) is 0 Å². The lowest BCUT2D eigenvalue weighted by Crippen LogP contribution is -2.28. The van der Waals surface area contributed by atoms with Crippen molar-refractivity contribution in [3.8, 4) is 0 Å². The Morgan fingerprint density at radius 3 is 2.69 bits per heavy atom. The molecule has 1 saturated heterocycles. The third-order valence-electron chi connectivity index (χ3n) is 2.86. The number of hydrogen-bond acceptors (Lipinski definition) is 3. The van der Waals surface area contributed by atoms with E-state index in [0.717, 1.165) is 5.56 Å². The summed E-state index contributed by atoms with van der Waals surface area (Å²) in [5.41, 5.74) is 0.983. The number of methoxy groups -OCH3 is 1. The summed E-state index contributed by atoms with van der Waals surface area (Å²) in [5.74, 6) is -1.56. The SMILES string of the molecule is COC(=O)[C@@H]1C(=O)NC[C@@H]1c1ccccc1. The van der Waals surface area contributed by atoms with Crippen LogP contribution in [0.4, 0.5) is 0 Å². The largest absolute Gasteiger partial charge is 0.468 e. The van der Waals surface area contributed by atoms with E-state index in [9.17, 15) is 9.59 Å². The Morgan fingerprint density at radius 2 is 2.06 bits per heavy atom. The molecule has 0 spiro atoms. The Balaban J connectivity index is 2.28. The average molecular weight is 219 g/mol. The van der Waals surface area contributed by atoms with Crippen LogP contribution in [0.15, 0.2) is 30.3 Å². The maximum Gasteiger partial charge on any atom is 0.318 e. The minimum Gasteiger partial charge on any atom is -0.468 e. The Kier molecular flexibility index (Phi) is 2.90. The summed E-state index contributed by atoms with van der Waals surface area (Å²) in [4.78, 5) is 23.1. The molecule has 1 fully saturated rings. The predicted octanol–water partition coefficient (Wildman–Crippen LogP) is 0.689. The summed E-state index contributed by atoms with van der Waals surface area (Å²) < 4.78 is 4.66. The zero-order chi connectivity index (χ0) is 11.5. The molecule has 2 atom stereocenters. The topological polar surface area (TPSA) is 55.4 Å². The van der Waals surface area contributed by atoms with Gasteiger partial charge in [0.2, 0.25) is 5.91 Å². The first-order valence-corrected chi connectivity index (χ1v) is 5.14. The molecule has 1 amide bonds. The molecule has 0 radical (unpaired) electrons. The van der Waals surface area contributed by atoms with Crippen LogP contribution in [0.25, 0.3) is 0 Å². The standard InChI is InChI=1S/C12H13NO3/c1-16-12(15)10-9(7-13-11(10)14)8-5-3-2-4-6-8/h2-6,9-10H,7H2,1H3,(H,13,14)/t9-,10+/m1/s1. The highest BCUT2D eigenvalue weighted by molar-refractivity contribution is 6.00. The molecular weight excluding hydrogens is 206 g/mol. The Bertz CT molecular complexity index is 402. The fourth-order valence-electron chi connectivity index (χ4n) is 2.03. The fourth-order valence-corrected chi connectivity index (χ4v) is 2.03. The summed E-state index contributed by atoms with van der Waals surface area (Å²) in [6, 6.07) is 9.53. The molecule has 1 N–H and O–H groups in total. The predicted molar refractivity (Wildman–Crippen MR) is 57.7 cm³/mol. The van der Waals surface area contributed by atoms with Gasteiger partial charge in [-0.25, -0.2) is 0 Å². The highest BCUT2D eigenvalue weighted by atomic mass is 16.5. The van der Waals surface area contributed by atoms with Gasteiger partial charge < -0.3 is 10.1 Å². The van der Waals surface area contributed by atoms with E-state index in [1.54, 1.807) is 0 Å². The van der Waals surface area contributed by atoms with Crippen molar-refractivity contribution in [1.82, 2.24) is 5.32 Å². The smallest absolute Gasteiger partial charge is 0.318 e. The first kappa shape index (κ1) is 10.7. The van der Waals surface area contributed by atoms with Crippen molar-refractivity contribution in [2.75, 3.05) is 13.7 Å². The first-order valence-electron chi connectivity index (χ1n) is 5.14. The van der Waals surface area contributed by atoms with Crippen LogP contribution in [0.5, 0.6) is 0 Å². The fraction of sp³-hybridized carbons (Fsp3) is 0.333. The van der Waals surface area contributed by atoms with Crippen LogP contribution >= 0.6 is 0 Å². The zero-order valence-electron chi connectivity index (χ0n) is 8.97. The Morgan fingerprint density at radius 1 is 1.38 bits per heavy atom. The third kappa shape index (κ3) is 1.78. The van der Waals surface area contributed by atoms with Crippen molar-refractivity contribution in [1.29, 1.82) is 0 Å². The van der Waals surface area contributed by atoms with Crippen molar-refractivity contribution >= 4 is 11.9 Å². The molecule has 84 valence electrons. The highest BCUT2D eigenvalue weighted by Gasteiger charge is 2.41. The van der Waals surface area contributed by atoms with E-state index in [2.05, 4.69) is 10.1 Å². The van der Waals surface area contributed by atoms with E-state index in [0.29, 0.717) is 6.54 Å². The van der Waals surface area contributed by atoms with E-state index in [-0.39, 0.29) is 11.8 Å². The Labute approximate surface area is 93.6 Å². The number of carbonyl (C=O) groups is 2. The van der Waals surface area contributed by atoms with Gasteiger partial charge in [0.15, 0.2) is 0 Å². The van der Waals surface area contributed by atoms with Crippen molar-refractivity contribution in [3.05, 3.63) is 35.9 Å². The van der Waals surface area contributed by atoms with E-state index in [4.69, 9.17) is 0 Å². The molecule has 0 aromatic heterocycles. The number of carbonyl (C=O) groups excluding carboxylic acids is 2. The van der Waals surface area contributed by atoms with Gasteiger partial charge in [-0.15, -0.1) is 0 Å². The maximum atomic E-state index is 11.5. The molecule has 2 rings (SSSR count). The molecule has 0 unspecified atom stereocenters. The maximum absolute atomic E-state index is 11.5. The van der Waals surface area contributed by atoms with E-state index in [1.165, 1.54) is 7.11 Å². The van der Waals surface area contributed by atoms with Gasteiger partial charge >= 0.3 is 5.97 Å². The lowest BCUT2D eigenvalue weighted by atomic mass is 9.89. The lowest BCUT2D eigenvalue weighted by molar-refractivity contribution is -0.149. The van der Waals surface area contributed by atoms with Crippen LogP contribution in [0.1, 0.15) is 11.5 Å². The van der Waals surface area contributed by atoms with Crippen LogP contribution in [-0.2, 0) is 14.3 Å². The third-order valence-corrected chi connectivity index (χ3v) is 2.86. The number of benzene rings is 1. The highest BCUT2D eigenvalue weighted by Crippen LogP contribution is 2.29. The second-order valence-electron chi connectivity index (χ2n) is 3.76. The van der Waals surface area contributed by atoms with Crippen LogP contribution in [0.3, 0.4) is 0 Å². The number of rotatable bonds is 2. The van der Waals surface area contributed by atoms with Gasteiger partial charge in [0.05, 0.1) is 7.11 Å². The second-order valence-corrected chi connectivity index (χ2v) is 3.76. The number of esters is 1. The summed E-state index contributed by atoms with van der Waals surface area (Å²) in [6.07, 6.45) is 0. The average Bonchev–Trinajstić information content (AvgIpc) is 2.71. The molecule has 1 aliphatic rings. The minimum atomic E-state index is -0.715. The second kappa shape index (κ2) is 4.35. The molecule has 1 aromatic carbocycles. The molecule has 1 heterocycles. The van der Waals surface area contributed by atoms with Gasteiger partial charge in [-0.05, 0) is 5.56 Å². The number of hydrogen-bond donors (Lipinski definition) is 1. The van der Waals surface area contributed by atoms with Crippen molar-refractivity contribution in [3.63, 3.8) is 0 Å². The molecular formula is C12H13NO3. The molecule has 1 aromatic rings.